The van der Waals surface area contributed by atoms with Gasteiger partial charge in [-0.3, -0.25) is 9.98 Å². The van der Waals surface area contributed by atoms with Gasteiger partial charge in [0, 0.05) is 12.4 Å². The number of benzene rings is 3. The number of hydrogen-bond donors (Lipinski definition) is 0. The average molecular weight is 347 g/mol. The fourth-order valence-corrected chi connectivity index (χ4v) is 2.50. The zero-order chi connectivity index (χ0) is 17.6. The summed E-state index contributed by atoms with van der Waals surface area (Å²) >= 11 is 6.34. The second-order valence-corrected chi connectivity index (χ2v) is 6.38. The Hall–Kier alpha value is -2.71. The van der Waals surface area contributed by atoms with Gasteiger partial charge in [0.05, 0.1) is 16.4 Å². The van der Waals surface area contributed by atoms with E-state index in [0.717, 1.165) is 22.5 Å². The lowest BCUT2D eigenvalue weighted by atomic mass is 10.2. The van der Waals surface area contributed by atoms with Gasteiger partial charge in [-0.15, -0.1) is 0 Å². The summed E-state index contributed by atoms with van der Waals surface area (Å²) in [5.74, 6) is 0. The summed E-state index contributed by atoms with van der Waals surface area (Å²) in [6, 6.07) is 22.0. The van der Waals surface area contributed by atoms with Gasteiger partial charge in [-0.1, -0.05) is 71.3 Å². The Bertz CT molecular complexity index is 908. The van der Waals surface area contributed by atoms with Gasteiger partial charge in [0.2, 0.25) is 0 Å². The largest absolute Gasteiger partial charge is 0.256 e. The first-order valence-corrected chi connectivity index (χ1v) is 8.49. The van der Waals surface area contributed by atoms with Crippen molar-refractivity contribution < 1.29 is 0 Å². The second kappa shape index (κ2) is 7.91. The van der Waals surface area contributed by atoms with Gasteiger partial charge < -0.3 is 0 Å². The van der Waals surface area contributed by atoms with Crippen LogP contribution in [0.25, 0.3) is 0 Å². The predicted molar refractivity (Wildman–Crippen MR) is 108 cm³/mol. The maximum Gasteiger partial charge on any atom is 0.0817 e. The molecule has 0 spiro atoms. The average Bonchev–Trinajstić information content (AvgIpc) is 2.62. The van der Waals surface area contributed by atoms with E-state index in [1.54, 1.807) is 0 Å². The molecule has 0 radical (unpaired) electrons. The topological polar surface area (TPSA) is 24.7 Å². The standard InChI is InChI=1S/C22H19ClN2/c1-16-3-7-18(8-4-16)14-24-20-11-12-22(21(23)13-20)25-15-19-9-5-17(2)6-10-19/h3-15H,1-2H3. The molecule has 0 aliphatic carbocycles. The van der Waals surface area contributed by atoms with Crippen molar-refractivity contribution in [2.24, 2.45) is 9.98 Å². The van der Waals surface area contributed by atoms with Crippen molar-refractivity contribution in [3.8, 4) is 0 Å². The Morgan fingerprint density at radius 2 is 1.20 bits per heavy atom. The van der Waals surface area contributed by atoms with Gasteiger partial charge in [-0.2, -0.15) is 0 Å². The molecule has 3 heteroatoms. The lowest BCUT2D eigenvalue weighted by Crippen LogP contribution is -1.81. The quantitative estimate of drug-likeness (QED) is 0.484. The van der Waals surface area contributed by atoms with E-state index in [0.29, 0.717) is 5.02 Å². The SMILES string of the molecule is Cc1ccc(C=Nc2ccc(N=Cc3ccc(C)cc3)c(Cl)c2)cc1. The Labute approximate surface area is 153 Å². The highest BCUT2D eigenvalue weighted by atomic mass is 35.5. The van der Waals surface area contributed by atoms with Crippen LogP contribution in [-0.4, -0.2) is 12.4 Å². The summed E-state index contributed by atoms with van der Waals surface area (Å²) in [6.45, 7) is 4.13. The van der Waals surface area contributed by atoms with Gasteiger partial charge in [0.1, 0.15) is 0 Å². The number of aliphatic imine (C=N–C) groups is 2. The number of rotatable bonds is 4. The molecule has 25 heavy (non-hydrogen) atoms. The van der Waals surface area contributed by atoms with Crippen LogP contribution in [0.2, 0.25) is 5.02 Å². The van der Waals surface area contributed by atoms with Crippen LogP contribution in [0.4, 0.5) is 11.4 Å². The fraction of sp³-hybridized carbons (Fsp3) is 0.0909. The van der Waals surface area contributed by atoms with E-state index < -0.39 is 0 Å². The first-order valence-electron chi connectivity index (χ1n) is 8.11. The minimum atomic E-state index is 0.585. The summed E-state index contributed by atoms with van der Waals surface area (Å²) in [6.07, 6.45) is 3.65. The number of hydrogen-bond acceptors (Lipinski definition) is 2. The molecule has 0 heterocycles. The molecule has 0 aromatic heterocycles. The van der Waals surface area contributed by atoms with Crippen molar-refractivity contribution in [3.05, 3.63) is 94.0 Å². The van der Waals surface area contributed by atoms with Gasteiger partial charge in [0.25, 0.3) is 0 Å². The highest BCUT2D eigenvalue weighted by Gasteiger charge is 2.00. The summed E-state index contributed by atoms with van der Waals surface area (Å²) < 4.78 is 0. The molecule has 124 valence electrons. The zero-order valence-electron chi connectivity index (χ0n) is 14.3. The van der Waals surface area contributed by atoms with Crippen molar-refractivity contribution >= 4 is 35.4 Å². The summed E-state index contributed by atoms with van der Waals surface area (Å²) in [4.78, 5) is 8.94. The van der Waals surface area contributed by atoms with E-state index in [2.05, 4.69) is 48.1 Å². The molecule has 2 nitrogen and oxygen atoms in total. The molecule has 0 saturated carbocycles. The highest BCUT2D eigenvalue weighted by molar-refractivity contribution is 6.33. The van der Waals surface area contributed by atoms with Gasteiger partial charge in [-0.05, 0) is 43.2 Å². The molecular weight excluding hydrogens is 328 g/mol. The molecule has 0 atom stereocenters. The molecule has 0 N–H and O–H groups in total. The van der Waals surface area contributed by atoms with E-state index in [1.807, 2.05) is 54.9 Å². The Morgan fingerprint density at radius 3 is 1.72 bits per heavy atom. The fourth-order valence-electron chi connectivity index (χ4n) is 2.28. The van der Waals surface area contributed by atoms with Crippen LogP contribution < -0.4 is 0 Å². The first kappa shape index (κ1) is 17.1. The third-order valence-electron chi connectivity index (χ3n) is 3.80. The van der Waals surface area contributed by atoms with Gasteiger partial charge >= 0.3 is 0 Å². The third-order valence-corrected chi connectivity index (χ3v) is 4.10. The molecule has 0 aliphatic heterocycles. The first-order chi connectivity index (χ1) is 12.1. The molecule has 0 saturated heterocycles. The van der Waals surface area contributed by atoms with Gasteiger partial charge in [0.15, 0.2) is 0 Å². The minimum Gasteiger partial charge on any atom is -0.256 e. The Kier molecular flexibility index (Phi) is 5.42. The summed E-state index contributed by atoms with van der Waals surface area (Å²) in [5.41, 5.74) is 6.10. The van der Waals surface area contributed by atoms with E-state index in [4.69, 9.17) is 11.6 Å². The van der Waals surface area contributed by atoms with Crippen LogP contribution in [0.1, 0.15) is 22.3 Å². The number of nitrogens with zero attached hydrogens (tertiary/aromatic N) is 2. The predicted octanol–water partition coefficient (Wildman–Crippen LogP) is 6.46. The van der Waals surface area contributed by atoms with Crippen LogP contribution >= 0.6 is 11.6 Å². The van der Waals surface area contributed by atoms with E-state index in [9.17, 15) is 0 Å². The lowest BCUT2D eigenvalue weighted by molar-refractivity contribution is 1.45. The van der Waals surface area contributed by atoms with E-state index in [-0.39, 0.29) is 0 Å². The minimum absolute atomic E-state index is 0.585. The smallest absolute Gasteiger partial charge is 0.0817 e. The van der Waals surface area contributed by atoms with Gasteiger partial charge in [-0.25, -0.2) is 0 Å². The second-order valence-electron chi connectivity index (χ2n) is 5.97. The maximum absolute atomic E-state index is 6.34. The van der Waals surface area contributed by atoms with Crippen LogP contribution in [0.15, 0.2) is 76.7 Å². The van der Waals surface area contributed by atoms with E-state index in [1.165, 1.54) is 11.1 Å². The van der Waals surface area contributed by atoms with Crippen LogP contribution in [-0.2, 0) is 0 Å². The molecule has 3 aromatic rings. The van der Waals surface area contributed by atoms with Crippen molar-refractivity contribution in [3.63, 3.8) is 0 Å². The van der Waals surface area contributed by atoms with Crippen molar-refractivity contribution in [2.45, 2.75) is 13.8 Å². The Morgan fingerprint density at radius 1 is 0.680 bits per heavy atom. The highest BCUT2D eigenvalue weighted by Crippen LogP contribution is 2.29. The van der Waals surface area contributed by atoms with Crippen molar-refractivity contribution in [2.75, 3.05) is 0 Å². The molecular formula is C22H19ClN2. The summed E-state index contributed by atoms with van der Waals surface area (Å²) in [7, 11) is 0. The monoisotopic (exact) mass is 346 g/mol. The maximum atomic E-state index is 6.34. The lowest BCUT2D eigenvalue weighted by Gasteiger charge is -2.01. The van der Waals surface area contributed by atoms with E-state index >= 15 is 0 Å². The molecule has 0 unspecified atom stereocenters. The molecule has 0 amide bonds. The van der Waals surface area contributed by atoms with Crippen LogP contribution in [0.5, 0.6) is 0 Å². The Balaban J connectivity index is 1.74. The van der Waals surface area contributed by atoms with Crippen LogP contribution in [0.3, 0.4) is 0 Å². The molecule has 3 rings (SSSR count). The number of aryl methyl sites for hydroxylation is 2. The zero-order valence-corrected chi connectivity index (χ0v) is 15.0. The number of halogens is 1. The summed E-state index contributed by atoms with van der Waals surface area (Å²) in [5, 5.41) is 0.585. The molecule has 3 aromatic carbocycles. The van der Waals surface area contributed by atoms with Crippen molar-refractivity contribution in [1.29, 1.82) is 0 Å². The molecule has 0 aliphatic rings. The third kappa shape index (κ3) is 4.88. The normalized spacial score (nSPS) is 11.5. The van der Waals surface area contributed by atoms with Crippen LogP contribution in [0, 0.1) is 13.8 Å². The van der Waals surface area contributed by atoms with Crippen molar-refractivity contribution in [1.82, 2.24) is 0 Å². The molecule has 0 fully saturated rings. The molecule has 0 bridgehead atoms.